The van der Waals surface area contributed by atoms with Gasteiger partial charge < -0.3 is 5.32 Å². The molecule has 1 N–H and O–H groups in total. The molecule has 1 aliphatic heterocycles. The van der Waals surface area contributed by atoms with Crippen molar-refractivity contribution in [3.05, 3.63) is 28.5 Å². The van der Waals surface area contributed by atoms with E-state index >= 15 is 0 Å². The van der Waals surface area contributed by atoms with Crippen molar-refractivity contribution in [2.45, 2.75) is 19.5 Å². The highest BCUT2D eigenvalue weighted by atomic mass is 79.9. The van der Waals surface area contributed by atoms with Crippen molar-refractivity contribution < 1.29 is 0 Å². The number of nitrogens with zero attached hydrogens (tertiary/aromatic N) is 2. The van der Waals surface area contributed by atoms with Crippen LogP contribution in [0.25, 0.3) is 0 Å². The predicted molar refractivity (Wildman–Crippen MR) is 64.7 cm³/mol. The van der Waals surface area contributed by atoms with Gasteiger partial charge in [-0.05, 0) is 34.5 Å². The number of piperazine rings is 1. The molecule has 2 heterocycles. The van der Waals surface area contributed by atoms with Crippen LogP contribution in [-0.4, -0.2) is 35.6 Å². The Morgan fingerprint density at radius 3 is 3.20 bits per heavy atom. The molecule has 0 spiro atoms. The lowest BCUT2D eigenvalue weighted by atomic mass is 10.2. The highest BCUT2D eigenvalue weighted by Gasteiger charge is 2.17. The van der Waals surface area contributed by atoms with Gasteiger partial charge in [-0.3, -0.25) is 9.88 Å². The smallest absolute Gasteiger partial charge is 0.0410 e. The number of hydrogen-bond donors (Lipinski definition) is 1. The van der Waals surface area contributed by atoms with Crippen molar-refractivity contribution in [3.63, 3.8) is 0 Å². The first-order valence-electron chi connectivity index (χ1n) is 5.30. The monoisotopic (exact) mass is 269 g/mol. The van der Waals surface area contributed by atoms with E-state index in [2.05, 4.69) is 44.1 Å². The van der Waals surface area contributed by atoms with Gasteiger partial charge in [0.1, 0.15) is 0 Å². The quantitative estimate of drug-likeness (QED) is 0.885. The van der Waals surface area contributed by atoms with Gasteiger partial charge in [0.2, 0.25) is 0 Å². The number of halogens is 1. The predicted octanol–water partition coefficient (Wildman–Crippen LogP) is 1.64. The van der Waals surface area contributed by atoms with E-state index in [0.717, 1.165) is 30.7 Å². The average molecular weight is 270 g/mol. The van der Waals surface area contributed by atoms with Crippen LogP contribution < -0.4 is 5.32 Å². The van der Waals surface area contributed by atoms with Gasteiger partial charge in [-0.2, -0.15) is 0 Å². The van der Waals surface area contributed by atoms with Gasteiger partial charge >= 0.3 is 0 Å². The summed E-state index contributed by atoms with van der Waals surface area (Å²) >= 11 is 3.45. The third-order valence-electron chi connectivity index (χ3n) is 2.79. The molecule has 4 heteroatoms. The van der Waals surface area contributed by atoms with Crippen molar-refractivity contribution >= 4 is 15.9 Å². The number of pyridine rings is 1. The van der Waals surface area contributed by atoms with Crippen molar-refractivity contribution in [1.29, 1.82) is 0 Å². The third-order valence-corrected chi connectivity index (χ3v) is 3.22. The lowest BCUT2D eigenvalue weighted by Gasteiger charge is -2.33. The second-order valence-electron chi connectivity index (χ2n) is 4.04. The van der Waals surface area contributed by atoms with E-state index in [4.69, 9.17) is 0 Å². The molecule has 0 aromatic carbocycles. The molecule has 0 saturated carbocycles. The summed E-state index contributed by atoms with van der Waals surface area (Å²) in [7, 11) is 0. The van der Waals surface area contributed by atoms with Gasteiger partial charge in [-0.1, -0.05) is 0 Å². The molecule has 1 aliphatic rings. The molecule has 15 heavy (non-hydrogen) atoms. The standard InChI is InChI=1S/C11H16BrN3/c1-9-5-13-2-3-15(9)8-10-4-11(12)7-14-6-10/h4,6-7,9,13H,2-3,5,8H2,1H3. The Kier molecular flexibility index (Phi) is 3.72. The van der Waals surface area contributed by atoms with Gasteiger partial charge in [-0.15, -0.1) is 0 Å². The lowest BCUT2D eigenvalue weighted by molar-refractivity contribution is 0.165. The minimum Gasteiger partial charge on any atom is -0.314 e. The van der Waals surface area contributed by atoms with Gasteiger partial charge in [0.05, 0.1) is 0 Å². The highest BCUT2D eigenvalue weighted by molar-refractivity contribution is 9.10. The molecule has 1 unspecified atom stereocenters. The normalized spacial score (nSPS) is 22.9. The summed E-state index contributed by atoms with van der Waals surface area (Å²) in [6.07, 6.45) is 3.77. The Balaban J connectivity index is 2.01. The second-order valence-corrected chi connectivity index (χ2v) is 4.95. The van der Waals surface area contributed by atoms with E-state index in [1.165, 1.54) is 5.56 Å². The summed E-state index contributed by atoms with van der Waals surface area (Å²) in [6, 6.07) is 2.75. The maximum Gasteiger partial charge on any atom is 0.0410 e. The summed E-state index contributed by atoms with van der Waals surface area (Å²) < 4.78 is 1.06. The molecule has 1 aromatic rings. The average Bonchev–Trinajstić information content (AvgIpc) is 2.22. The Bertz CT molecular complexity index is 329. The van der Waals surface area contributed by atoms with Crippen LogP contribution in [-0.2, 0) is 6.54 Å². The molecule has 2 rings (SSSR count). The fourth-order valence-electron chi connectivity index (χ4n) is 1.89. The SMILES string of the molecule is CC1CNCCN1Cc1cncc(Br)c1. The summed E-state index contributed by atoms with van der Waals surface area (Å²) in [4.78, 5) is 6.67. The summed E-state index contributed by atoms with van der Waals surface area (Å²) in [5, 5.41) is 3.40. The van der Waals surface area contributed by atoms with Crippen molar-refractivity contribution in [1.82, 2.24) is 15.2 Å². The fourth-order valence-corrected chi connectivity index (χ4v) is 2.31. The Hall–Kier alpha value is -0.450. The van der Waals surface area contributed by atoms with Crippen molar-refractivity contribution in [3.8, 4) is 0 Å². The summed E-state index contributed by atoms with van der Waals surface area (Å²) in [5.74, 6) is 0. The highest BCUT2D eigenvalue weighted by Crippen LogP contribution is 2.13. The van der Waals surface area contributed by atoms with Gasteiger partial charge in [0.25, 0.3) is 0 Å². The van der Waals surface area contributed by atoms with Crippen LogP contribution in [0.2, 0.25) is 0 Å². The number of hydrogen-bond acceptors (Lipinski definition) is 3. The van der Waals surface area contributed by atoms with Gasteiger partial charge in [0, 0.05) is 49.1 Å². The summed E-state index contributed by atoms with van der Waals surface area (Å²) in [5.41, 5.74) is 1.28. The van der Waals surface area contributed by atoms with Crippen LogP contribution in [0.15, 0.2) is 22.9 Å². The zero-order valence-corrected chi connectivity index (χ0v) is 10.5. The zero-order valence-electron chi connectivity index (χ0n) is 8.91. The molecule has 0 aliphatic carbocycles. The summed E-state index contributed by atoms with van der Waals surface area (Å²) in [6.45, 7) is 6.55. The van der Waals surface area contributed by atoms with E-state index < -0.39 is 0 Å². The second kappa shape index (κ2) is 5.05. The first-order valence-corrected chi connectivity index (χ1v) is 6.09. The number of aromatic nitrogens is 1. The molecule has 0 amide bonds. The van der Waals surface area contributed by atoms with Crippen LogP contribution in [0.4, 0.5) is 0 Å². The van der Waals surface area contributed by atoms with E-state index in [1.54, 1.807) is 0 Å². The maximum atomic E-state index is 4.19. The molecule has 1 saturated heterocycles. The molecule has 1 aromatic heterocycles. The minimum absolute atomic E-state index is 0.609. The first-order chi connectivity index (χ1) is 7.25. The van der Waals surface area contributed by atoms with Gasteiger partial charge in [0.15, 0.2) is 0 Å². The molecule has 0 radical (unpaired) electrons. The number of rotatable bonds is 2. The molecule has 3 nitrogen and oxygen atoms in total. The Morgan fingerprint density at radius 1 is 1.60 bits per heavy atom. The molecule has 1 fully saturated rings. The van der Waals surface area contributed by atoms with E-state index in [-0.39, 0.29) is 0 Å². The van der Waals surface area contributed by atoms with Crippen LogP contribution in [0.5, 0.6) is 0 Å². The van der Waals surface area contributed by atoms with E-state index in [1.807, 2.05) is 12.4 Å². The van der Waals surface area contributed by atoms with Crippen molar-refractivity contribution in [2.24, 2.45) is 0 Å². The van der Waals surface area contributed by atoms with Crippen molar-refractivity contribution in [2.75, 3.05) is 19.6 Å². The zero-order chi connectivity index (χ0) is 10.7. The molecule has 0 bridgehead atoms. The molecule has 1 atom stereocenters. The Morgan fingerprint density at radius 2 is 2.47 bits per heavy atom. The van der Waals surface area contributed by atoms with E-state index in [9.17, 15) is 0 Å². The molecular weight excluding hydrogens is 254 g/mol. The fraction of sp³-hybridized carbons (Fsp3) is 0.545. The maximum absolute atomic E-state index is 4.19. The van der Waals surface area contributed by atoms with Crippen LogP contribution in [0, 0.1) is 0 Å². The Labute approximate surface area is 99.0 Å². The van der Waals surface area contributed by atoms with Gasteiger partial charge in [-0.25, -0.2) is 0 Å². The molecule has 82 valence electrons. The van der Waals surface area contributed by atoms with E-state index in [0.29, 0.717) is 6.04 Å². The largest absolute Gasteiger partial charge is 0.314 e. The third kappa shape index (κ3) is 3.00. The van der Waals surface area contributed by atoms with Crippen LogP contribution in [0.3, 0.4) is 0 Å². The van der Waals surface area contributed by atoms with Crippen LogP contribution >= 0.6 is 15.9 Å². The van der Waals surface area contributed by atoms with Crippen LogP contribution in [0.1, 0.15) is 12.5 Å². The first kappa shape index (κ1) is 11.0. The lowest BCUT2D eigenvalue weighted by Crippen LogP contribution is -2.49. The molecular formula is C11H16BrN3. The minimum atomic E-state index is 0.609. The topological polar surface area (TPSA) is 28.2 Å². The number of nitrogens with one attached hydrogen (secondary N) is 1.